The van der Waals surface area contributed by atoms with Gasteiger partial charge >= 0.3 is 0 Å². The first-order chi connectivity index (χ1) is 9.96. The van der Waals surface area contributed by atoms with Crippen LogP contribution in [0, 0.1) is 0 Å². The smallest absolute Gasteiger partial charge is 0.143 e. The highest BCUT2D eigenvalue weighted by Crippen LogP contribution is 2.33. The van der Waals surface area contributed by atoms with Crippen LogP contribution in [0.1, 0.15) is 18.1 Å². The van der Waals surface area contributed by atoms with Gasteiger partial charge < -0.3 is 15.5 Å². The lowest BCUT2D eigenvalue weighted by Crippen LogP contribution is -2.42. The number of benzene rings is 2. The molecule has 1 unspecified atom stereocenters. The summed E-state index contributed by atoms with van der Waals surface area (Å²) in [5, 5.41) is 22.9. The van der Waals surface area contributed by atoms with Gasteiger partial charge in [-0.05, 0) is 62.0 Å². The Morgan fingerprint density at radius 3 is 2.19 bits per heavy atom. The lowest BCUT2D eigenvalue weighted by molar-refractivity contribution is 0.173. The molecule has 3 nitrogen and oxygen atoms in total. The number of hydrogen-bond donors (Lipinski definition) is 3. The molecule has 0 aliphatic carbocycles. The SMILES string of the molecule is CC(CO)(NCc1cc(Br)c(O)c(Br)c1)c1ccccc1. The maximum atomic E-state index is 9.75. The Balaban J connectivity index is 2.17. The van der Waals surface area contributed by atoms with Crippen LogP contribution in [0.15, 0.2) is 51.4 Å². The Bertz CT molecular complexity index is 596. The van der Waals surface area contributed by atoms with Crippen LogP contribution in [0.3, 0.4) is 0 Å². The predicted octanol–water partition coefficient (Wildman–Crippen LogP) is 3.91. The number of aromatic hydroxyl groups is 1. The van der Waals surface area contributed by atoms with E-state index in [9.17, 15) is 10.2 Å². The van der Waals surface area contributed by atoms with Crippen LogP contribution in [0.5, 0.6) is 5.75 Å². The zero-order chi connectivity index (χ0) is 15.5. The van der Waals surface area contributed by atoms with E-state index in [1.165, 1.54) is 0 Å². The number of hydrogen-bond acceptors (Lipinski definition) is 3. The van der Waals surface area contributed by atoms with Crippen molar-refractivity contribution in [3.63, 3.8) is 0 Å². The first kappa shape index (κ1) is 16.5. The van der Waals surface area contributed by atoms with Crippen LogP contribution in [0.2, 0.25) is 0 Å². The van der Waals surface area contributed by atoms with E-state index >= 15 is 0 Å². The molecule has 0 amide bonds. The fourth-order valence-electron chi connectivity index (χ4n) is 2.07. The van der Waals surface area contributed by atoms with Gasteiger partial charge in [0.2, 0.25) is 0 Å². The molecule has 112 valence electrons. The van der Waals surface area contributed by atoms with Crippen LogP contribution in [0.25, 0.3) is 0 Å². The fourth-order valence-corrected chi connectivity index (χ4v) is 3.35. The Labute approximate surface area is 141 Å². The summed E-state index contributed by atoms with van der Waals surface area (Å²) in [4.78, 5) is 0. The minimum atomic E-state index is -0.516. The van der Waals surface area contributed by atoms with Crippen LogP contribution < -0.4 is 5.32 Å². The zero-order valence-electron chi connectivity index (χ0n) is 11.6. The molecule has 0 heterocycles. The van der Waals surface area contributed by atoms with E-state index in [1.54, 1.807) is 0 Å². The molecule has 0 fully saturated rings. The molecule has 0 aromatic heterocycles. The number of rotatable bonds is 5. The summed E-state index contributed by atoms with van der Waals surface area (Å²) in [7, 11) is 0. The first-order valence-corrected chi connectivity index (χ1v) is 8.13. The van der Waals surface area contributed by atoms with E-state index in [0.29, 0.717) is 15.5 Å². The second-order valence-corrected chi connectivity index (χ2v) is 6.83. The largest absolute Gasteiger partial charge is 0.506 e. The third-order valence-electron chi connectivity index (χ3n) is 3.49. The van der Waals surface area contributed by atoms with Crippen molar-refractivity contribution in [2.75, 3.05) is 6.61 Å². The highest BCUT2D eigenvalue weighted by molar-refractivity contribution is 9.11. The quantitative estimate of drug-likeness (QED) is 0.695. The first-order valence-electron chi connectivity index (χ1n) is 6.54. The van der Waals surface area contributed by atoms with Gasteiger partial charge in [-0.1, -0.05) is 30.3 Å². The Morgan fingerprint density at radius 1 is 1.10 bits per heavy atom. The Kier molecular flexibility index (Phi) is 5.43. The van der Waals surface area contributed by atoms with E-state index in [-0.39, 0.29) is 12.4 Å². The van der Waals surface area contributed by atoms with E-state index < -0.39 is 5.54 Å². The average molecular weight is 415 g/mol. The minimum Gasteiger partial charge on any atom is -0.506 e. The summed E-state index contributed by atoms with van der Waals surface area (Å²) < 4.78 is 1.28. The molecule has 0 spiro atoms. The summed E-state index contributed by atoms with van der Waals surface area (Å²) >= 11 is 6.64. The fraction of sp³-hybridized carbons (Fsp3) is 0.250. The molecule has 0 bridgehead atoms. The van der Waals surface area contributed by atoms with Crippen molar-refractivity contribution in [2.24, 2.45) is 0 Å². The van der Waals surface area contributed by atoms with Crippen LogP contribution >= 0.6 is 31.9 Å². The van der Waals surface area contributed by atoms with Crippen LogP contribution in [0.4, 0.5) is 0 Å². The summed E-state index contributed by atoms with van der Waals surface area (Å²) in [5.74, 6) is 0.187. The van der Waals surface area contributed by atoms with Crippen molar-refractivity contribution >= 4 is 31.9 Å². The molecule has 0 radical (unpaired) electrons. The molecule has 2 aromatic rings. The van der Waals surface area contributed by atoms with Gasteiger partial charge in [0.1, 0.15) is 5.75 Å². The highest BCUT2D eigenvalue weighted by atomic mass is 79.9. The van der Waals surface area contributed by atoms with Gasteiger partial charge in [-0.3, -0.25) is 0 Å². The van der Waals surface area contributed by atoms with E-state index in [0.717, 1.165) is 11.1 Å². The molecule has 0 saturated heterocycles. The molecule has 0 aliphatic rings. The van der Waals surface area contributed by atoms with Crippen molar-refractivity contribution in [3.05, 3.63) is 62.5 Å². The molecule has 1 atom stereocenters. The van der Waals surface area contributed by atoms with Gasteiger partial charge in [0.25, 0.3) is 0 Å². The summed E-state index contributed by atoms with van der Waals surface area (Å²) in [6.07, 6.45) is 0. The molecule has 2 aromatic carbocycles. The number of aliphatic hydroxyl groups excluding tert-OH is 1. The topological polar surface area (TPSA) is 52.5 Å². The second-order valence-electron chi connectivity index (χ2n) is 5.12. The molecule has 2 rings (SSSR count). The van der Waals surface area contributed by atoms with Gasteiger partial charge in [-0.15, -0.1) is 0 Å². The van der Waals surface area contributed by atoms with Gasteiger partial charge in [0.05, 0.1) is 21.1 Å². The molecule has 21 heavy (non-hydrogen) atoms. The standard InChI is InChI=1S/C16H17Br2NO2/c1-16(10-20,12-5-3-2-4-6-12)19-9-11-7-13(17)15(21)14(18)8-11/h2-8,19-21H,9-10H2,1H3. The summed E-state index contributed by atoms with van der Waals surface area (Å²) in [6.45, 7) is 2.54. The maximum Gasteiger partial charge on any atom is 0.143 e. The second kappa shape index (κ2) is 6.92. The monoisotopic (exact) mass is 413 g/mol. The van der Waals surface area contributed by atoms with E-state index in [4.69, 9.17) is 0 Å². The molecular weight excluding hydrogens is 398 g/mol. The normalized spacial score (nSPS) is 13.9. The summed E-state index contributed by atoms with van der Waals surface area (Å²) in [6, 6.07) is 13.6. The minimum absolute atomic E-state index is 0.00254. The number of phenols is 1. The maximum absolute atomic E-state index is 9.75. The van der Waals surface area contributed by atoms with Gasteiger partial charge in [-0.25, -0.2) is 0 Å². The lowest BCUT2D eigenvalue weighted by atomic mass is 9.92. The van der Waals surface area contributed by atoms with Crippen molar-refractivity contribution in [1.82, 2.24) is 5.32 Å². The lowest BCUT2D eigenvalue weighted by Gasteiger charge is -2.29. The molecular formula is C16H17Br2NO2. The van der Waals surface area contributed by atoms with E-state index in [2.05, 4.69) is 37.2 Å². The molecule has 3 N–H and O–H groups in total. The van der Waals surface area contributed by atoms with Gasteiger partial charge in [-0.2, -0.15) is 0 Å². The Morgan fingerprint density at radius 2 is 1.67 bits per heavy atom. The number of aliphatic hydroxyl groups is 1. The summed E-state index contributed by atoms with van der Waals surface area (Å²) in [5.41, 5.74) is 1.52. The van der Waals surface area contributed by atoms with E-state index in [1.807, 2.05) is 49.4 Å². The van der Waals surface area contributed by atoms with Crippen LogP contribution in [-0.4, -0.2) is 16.8 Å². The molecule has 0 saturated carbocycles. The third kappa shape index (κ3) is 3.86. The number of nitrogens with one attached hydrogen (secondary N) is 1. The zero-order valence-corrected chi connectivity index (χ0v) is 14.8. The van der Waals surface area contributed by atoms with Crippen molar-refractivity contribution in [2.45, 2.75) is 19.0 Å². The number of phenolic OH excluding ortho intramolecular Hbond substituents is 1. The average Bonchev–Trinajstić information content (AvgIpc) is 2.51. The van der Waals surface area contributed by atoms with Gasteiger partial charge in [0.15, 0.2) is 0 Å². The number of halogens is 2. The van der Waals surface area contributed by atoms with Crippen molar-refractivity contribution < 1.29 is 10.2 Å². The van der Waals surface area contributed by atoms with Crippen LogP contribution in [-0.2, 0) is 12.1 Å². The Hall–Kier alpha value is -0.880. The predicted molar refractivity (Wildman–Crippen MR) is 91.2 cm³/mol. The molecule has 0 aliphatic heterocycles. The third-order valence-corrected chi connectivity index (χ3v) is 4.70. The molecule has 5 heteroatoms. The van der Waals surface area contributed by atoms with Crippen molar-refractivity contribution in [3.8, 4) is 5.75 Å². The van der Waals surface area contributed by atoms with Crippen molar-refractivity contribution in [1.29, 1.82) is 0 Å². The van der Waals surface area contributed by atoms with Gasteiger partial charge in [0, 0.05) is 6.54 Å². The highest BCUT2D eigenvalue weighted by Gasteiger charge is 2.24.